The maximum Gasteiger partial charge on any atom is 0.126 e. The topological polar surface area (TPSA) is 21.3 Å². The maximum atomic E-state index is 12.9. The molecule has 1 heterocycles. The van der Waals surface area contributed by atoms with Crippen LogP contribution in [0.4, 0.5) is 4.39 Å². The zero-order valence-electron chi connectivity index (χ0n) is 9.58. The van der Waals surface area contributed by atoms with Gasteiger partial charge in [-0.2, -0.15) is 0 Å². The van der Waals surface area contributed by atoms with Crippen LogP contribution in [0, 0.1) is 5.82 Å². The fraction of sp³-hybridized carbons (Fsp3) is 0.538. The third kappa shape index (κ3) is 3.20. The average molecular weight is 223 g/mol. The number of ether oxygens (including phenoxy) is 1. The first-order valence-corrected chi connectivity index (χ1v) is 5.89. The van der Waals surface area contributed by atoms with Crippen molar-refractivity contribution in [3.8, 4) is 5.75 Å². The van der Waals surface area contributed by atoms with E-state index in [9.17, 15) is 4.39 Å². The molecule has 1 aliphatic rings. The van der Waals surface area contributed by atoms with Gasteiger partial charge in [0.2, 0.25) is 0 Å². The van der Waals surface area contributed by atoms with E-state index in [4.69, 9.17) is 4.74 Å². The normalized spacial score (nSPS) is 22.0. The maximum absolute atomic E-state index is 12.9. The van der Waals surface area contributed by atoms with Gasteiger partial charge < -0.3 is 10.1 Å². The Morgan fingerprint density at radius 2 is 2.44 bits per heavy atom. The summed E-state index contributed by atoms with van der Waals surface area (Å²) < 4.78 is 18.6. The molecule has 0 amide bonds. The average Bonchev–Trinajstić information content (AvgIpc) is 2.70. The lowest BCUT2D eigenvalue weighted by Gasteiger charge is -2.18. The van der Waals surface area contributed by atoms with Gasteiger partial charge in [-0.05, 0) is 44.9 Å². The van der Waals surface area contributed by atoms with E-state index in [0.29, 0.717) is 11.8 Å². The van der Waals surface area contributed by atoms with Gasteiger partial charge >= 0.3 is 0 Å². The van der Waals surface area contributed by atoms with Crippen LogP contribution in [-0.2, 0) is 0 Å². The van der Waals surface area contributed by atoms with Gasteiger partial charge in [0.05, 0.1) is 6.10 Å². The van der Waals surface area contributed by atoms with Crippen molar-refractivity contribution in [2.24, 2.45) is 0 Å². The van der Waals surface area contributed by atoms with Crippen LogP contribution in [0.3, 0.4) is 0 Å². The molecule has 2 rings (SSSR count). The van der Waals surface area contributed by atoms with E-state index >= 15 is 0 Å². The predicted molar refractivity (Wildman–Crippen MR) is 62.1 cm³/mol. The zero-order valence-corrected chi connectivity index (χ0v) is 9.58. The Balaban J connectivity index is 1.84. The summed E-state index contributed by atoms with van der Waals surface area (Å²) in [6, 6.07) is 6.88. The van der Waals surface area contributed by atoms with Crippen molar-refractivity contribution >= 4 is 0 Å². The van der Waals surface area contributed by atoms with Crippen LogP contribution in [0.25, 0.3) is 0 Å². The van der Waals surface area contributed by atoms with Gasteiger partial charge in [0.1, 0.15) is 11.6 Å². The summed E-state index contributed by atoms with van der Waals surface area (Å²) in [7, 11) is 0. The summed E-state index contributed by atoms with van der Waals surface area (Å²) in [5.74, 6) is 0.370. The van der Waals surface area contributed by atoms with Gasteiger partial charge in [0.25, 0.3) is 0 Å². The lowest BCUT2D eigenvalue weighted by Crippen LogP contribution is -2.28. The number of halogens is 1. The molecule has 2 unspecified atom stereocenters. The molecule has 16 heavy (non-hydrogen) atoms. The summed E-state index contributed by atoms with van der Waals surface area (Å²) in [6.45, 7) is 3.14. The Kier molecular flexibility index (Phi) is 3.78. The highest BCUT2D eigenvalue weighted by molar-refractivity contribution is 5.22. The first-order chi connectivity index (χ1) is 7.74. The first kappa shape index (κ1) is 11.4. The Hall–Kier alpha value is -1.09. The molecule has 3 heteroatoms. The SMILES string of the molecule is CC(CC1CCCN1)Oc1cccc(F)c1. The number of rotatable bonds is 4. The van der Waals surface area contributed by atoms with Crippen LogP contribution >= 0.6 is 0 Å². The molecule has 2 atom stereocenters. The van der Waals surface area contributed by atoms with Gasteiger partial charge in [-0.3, -0.25) is 0 Å². The van der Waals surface area contributed by atoms with Crippen molar-refractivity contribution in [2.75, 3.05) is 6.54 Å². The van der Waals surface area contributed by atoms with Crippen molar-refractivity contribution in [1.29, 1.82) is 0 Å². The summed E-state index contributed by atoms with van der Waals surface area (Å²) in [5.41, 5.74) is 0. The molecule has 1 N–H and O–H groups in total. The van der Waals surface area contributed by atoms with Crippen LogP contribution in [0.1, 0.15) is 26.2 Å². The van der Waals surface area contributed by atoms with Crippen molar-refractivity contribution in [1.82, 2.24) is 5.32 Å². The minimum Gasteiger partial charge on any atom is -0.491 e. The van der Waals surface area contributed by atoms with Crippen LogP contribution in [0.15, 0.2) is 24.3 Å². The molecule has 1 aromatic carbocycles. The minimum atomic E-state index is -0.247. The Morgan fingerprint density at radius 3 is 3.12 bits per heavy atom. The number of hydrogen-bond donors (Lipinski definition) is 1. The molecule has 88 valence electrons. The Bertz CT molecular complexity index is 336. The Morgan fingerprint density at radius 1 is 1.56 bits per heavy atom. The largest absolute Gasteiger partial charge is 0.491 e. The third-order valence-electron chi connectivity index (χ3n) is 2.91. The lowest BCUT2D eigenvalue weighted by molar-refractivity contribution is 0.196. The fourth-order valence-electron chi connectivity index (χ4n) is 2.18. The van der Waals surface area contributed by atoms with Gasteiger partial charge in [-0.1, -0.05) is 6.07 Å². The molecule has 0 radical (unpaired) electrons. The van der Waals surface area contributed by atoms with Crippen molar-refractivity contribution < 1.29 is 9.13 Å². The van der Waals surface area contributed by atoms with Crippen molar-refractivity contribution in [3.05, 3.63) is 30.1 Å². The second-order valence-electron chi connectivity index (χ2n) is 4.41. The van der Waals surface area contributed by atoms with Crippen LogP contribution < -0.4 is 10.1 Å². The Labute approximate surface area is 95.8 Å². The monoisotopic (exact) mass is 223 g/mol. The van der Waals surface area contributed by atoms with E-state index in [1.165, 1.54) is 25.0 Å². The van der Waals surface area contributed by atoms with Crippen LogP contribution in [0.2, 0.25) is 0 Å². The molecule has 1 aliphatic heterocycles. The molecule has 0 spiro atoms. The van der Waals surface area contributed by atoms with E-state index in [2.05, 4.69) is 5.32 Å². The van der Waals surface area contributed by atoms with Crippen molar-refractivity contribution in [2.45, 2.75) is 38.3 Å². The zero-order chi connectivity index (χ0) is 11.4. The molecule has 1 fully saturated rings. The van der Waals surface area contributed by atoms with Crippen molar-refractivity contribution in [3.63, 3.8) is 0 Å². The quantitative estimate of drug-likeness (QED) is 0.847. The summed E-state index contributed by atoms with van der Waals surface area (Å²) in [4.78, 5) is 0. The number of hydrogen-bond acceptors (Lipinski definition) is 2. The molecule has 0 aromatic heterocycles. The molecular weight excluding hydrogens is 205 g/mol. The van der Waals surface area contributed by atoms with Crippen LogP contribution in [-0.4, -0.2) is 18.7 Å². The fourth-order valence-corrected chi connectivity index (χ4v) is 2.18. The van der Waals surface area contributed by atoms with E-state index in [1.54, 1.807) is 12.1 Å². The summed E-state index contributed by atoms with van der Waals surface area (Å²) in [5, 5.41) is 3.43. The summed E-state index contributed by atoms with van der Waals surface area (Å²) in [6.07, 6.45) is 3.57. The molecule has 1 saturated heterocycles. The third-order valence-corrected chi connectivity index (χ3v) is 2.91. The molecular formula is C13H18FNO. The molecule has 2 nitrogen and oxygen atoms in total. The van der Waals surface area contributed by atoms with E-state index in [-0.39, 0.29) is 11.9 Å². The highest BCUT2D eigenvalue weighted by atomic mass is 19.1. The smallest absolute Gasteiger partial charge is 0.126 e. The van der Waals surface area contributed by atoms with Gasteiger partial charge in [0, 0.05) is 12.1 Å². The minimum absolute atomic E-state index is 0.123. The predicted octanol–water partition coefficient (Wildman–Crippen LogP) is 2.74. The standard InChI is InChI=1S/C13H18FNO/c1-10(8-12-5-3-7-15-12)16-13-6-2-4-11(14)9-13/h2,4,6,9-10,12,15H,3,5,7-8H2,1H3. The second kappa shape index (κ2) is 5.30. The van der Waals surface area contributed by atoms with Crippen LogP contribution in [0.5, 0.6) is 5.75 Å². The summed E-state index contributed by atoms with van der Waals surface area (Å²) >= 11 is 0. The molecule has 0 aliphatic carbocycles. The molecule has 0 saturated carbocycles. The highest BCUT2D eigenvalue weighted by Gasteiger charge is 2.17. The van der Waals surface area contributed by atoms with Gasteiger partial charge in [-0.25, -0.2) is 4.39 Å². The number of nitrogens with one attached hydrogen (secondary N) is 1. The van der Waals surface area contributed by atoms with E-state index in [1.807, 2.05) is 6.92 Å². The highest BCUT2D eigenvalue weighted by Crippen LogP contribution is 2.17. The van der Waals surface area contributed by atoms with Gasteiger partial charge in [0.15, 0.2) is 0 Å². The lowest BCUT2D eigenvalue weighted by atomic mass is 10.1. The van der Waals surface area contributed by atoms with Gasteiger partial charge in [-0.15, -0.1) is 0 Å². The number of benzene rings is 1. The first-order valence-electron chi connectivity index (χ1n) is 5.89. The van der Waals surface area contributed by atoms with E-state index < -0.39 is 0 Å². The second-order valence-corrected chi connectivity index (χ2v) is 4.41. The van der Waals surface area contributed by atoms with E-state index in [0.717, 1.165) is 13.0 Å². The molecule has 0 bridgehead atoms. The molecule has 1 aromatic rings.